The molecule has 2 aliphatic rings. The van der Waals surface area contributed by atoms with Gasteiger partial charge in [0.15, 0.2) is 0 Å². The Labute approximate surface area is 140 Å². The van der Waals surface area contributed by atoms with Gasteiger partial charge in [-0.15, -0.1) is 0 Å². The number of hydrogen-bond donors (Lipinski definition) is 1. The number of hydrogen-bond acceptors (Lipinski definition) is 3. The van der Waals surface area contributed by atoms with Crippen LogP contribution in [0.2, 0.25) is 10.0 Å². The van der Waals surface area contributed by atoms with Crippen molar-refractivity contribution in [3.8, 4) is 0 Å². The fraction of sp³-hybridized carbons (Fsp3) is 0.562. The number of ether oxygens (including phenoxy) is 1. The highest BCUT2D eigenvalue weighted by Crippen LogP contribution is 2.44. The molecule has 1 aromatic carbocycles. The lowest BCUT2D eigenvalue weighted by atomic mass is 9.72. The zero-order valence-electron chi connectivity index (χ0n) is 12.2. The third kappa shape index (κ3) is 3.11. The summed E-state index contributed by atoms with van der Waals surface area (Å²) in [7, 11) is 0. The van der Waals surface area contributed by atoms with Crippen molar-refractivity contribution in [3.05, 3.63) is 33.8 Å². The Kier molecular flexibility index (Phi) is 4.64. The predicted octanol–water partition coefficient (Wildman–Crippen LogP) is 3.31. The van der Waals surface area contributed by atoms with E-state index in [-0.39, 0.29) is 11.3 Å². The number of benzene rings is 1. The maximum Gasteiger partial charge on any atom is 0.308 e. The van der Waals surface area contributed by atoms with Crippen LogP contribution in [0, 0.1) is 11.3 Å². The highest BCUT2D eigenvalue weighted by atomic mass is 35.5. The van der Waals surface area contributed by atoms with E-state index >= 15 is 0 Å². The van der Waals surface area contributed by atoms with E-state index < -0.39 is 5.97 Å². The number of rotatable bonds is 3. The van der Waals surface area contributed by atoms with E-state index in [1.54, 1.807) is 6.07 Å². The molecule has 22 heavy (non-hydrogen) atoms. The molecule has 2 heterocycles. The van der Waals surface area contributed by atoms with Crippen molar-refractivity contribution in [3.63, 3.8) is 0 Å². The second kappa shape index (κ2) is 6.36. The molecule has 0 bridgehead atoms. The van der Waals surface area contributed by atoms with E-state index in [1.165, 1.54) is 0 Å². The molecule has 1 aromatic rings. The Bertz CT molecular complexity index is 573. The number of carboxylic acid groups (broad SMARTS) is 1. The molecule has 120 valence electrons. The first-order valence-corrected chi connectivity index (χ1v) is 8.23. The third-order valence-corrected chi connectivity index (χ3v) is 5.63. The van der Waals surface area contributed by atoms with Gasteiger partial charge in [0, 0.05) is 38.3 Å². The summed E-state index contributed by atoms with van der Waals surface area (Å²) in [6, 6.07) is 5.59. The van der Waals surface area contributed by atoms with Crippen LogP contribution in [0.15, 0.2) is 18.2 Å². The van der Waals surface area contributed by atoms with Crippen molar-refractivity contribution in [2.45, 2.75) is 19.4 Å². The Hall–Kier alpha value is -0.810. The van der Waals surface area contributed by atoms with Gasteiger partial charge in [0.25, 0.3) is 0 Å². The lowest BCUT2D eigenvalue weighted by molar-refractivity contribution is -0.146. The summed E-state index contributed by atoms with van der Waals surface area (Å²) < 4.78 is 5.42. The smallest absolute Gasteiger partial charge is 0.308 e. The molecule has 0 aliphatic carbocycles. The summed E-state index contributed by atoms with van der Waals surface area (Å²) in [5.41, 5.74) is 0.906. The van der Waals surface area contributed by atoms with Crippen molar-refractivity contribution >= 4 is 29.2 Å². The molecule has 0 amide bonds. The highest BCUT2D eigenvalue weighted by molar-refractivity contribution is 6.42. The zero-order chi connectivity index (χ0) is 15.7. The molecule has 0 unspecified atom stereocenters. The Balaban J connectivity index is 1.75. The van der Waals surface area contributed by atoms with Crippen molar-refractivity contribution in [1.29, 1.82) is 0 Å². The van der Waals surface area contributed by atoms with Crippen LogP contribution in [0.25, 0.3) is 0 Å². The maximum atomic E-state index is 11.7. The van der Waals surface area contributed by atoms with Crippen LogP contribution in [0.5, 0.6) is 0 Å². The molecule has 2 saturated heterocycles. The van der Waals surface area contributed by atoms with Gasteiger partial charge in [-0.25, -0.2) is 0 Å². The molecule has 1 atom stereocenters. The van der Waals surface area contributed by atoms with E-state index in [0.29, 0.717) is 36.3 Å². The Morgan fingerprint density at radius 2 is 2.05 bits per heavy atom. The molecule has 1 N–H and O–H groups in total. The van der Waals surface area contributed by atoms with Crippen LogP contribution < -0.4 is 0 Å². The molecule has 4 nitrogen and oxygen atoms in total. The van der Waals surface area contributed by atoms with Gasteiger partial charge in [-0.3, -0.25) is 9.69 Å². The second-order valence-electron chi connectivity index (χ2n) is 6.28. The first-order chi connectivity index (χ1) is 10.5. The number of likely N-dealkylation sites (tertiary alicyclic amines) is 1. The van der Waals surface area contributed by atoms with Crippen LogP contribution in [0.4, 0.5) is 0 Å². The Morgan fingerprint density at radius 1 is 1.32 bits per heavy atom. The van der Waals surface area contributed by atoms with Crippen molar-refractivity contribution < 1.29 is 14.6 Å². The minimum Gasteiger partial charge on any atom is -0.481 e. The second-order valence-corrected chi connectivity index (χ2v) is 7.10. The quantitative estimate of drug-likeness (QED) is 0.914. The molecular weight excluding hydrogens is 325 g/mol. The number of nitrogens with zero attached hydrogens (tertiary/aromatic N) is 1. The molecule has 0 saturated carbocycles. The summed E-state index contributed by atoms with van der Waals surface area (Å²) in [6.07, 6.45) is 1.64. The van der Waals surface area contributed by atoms with Crippen LogP contribution >= 0.6 is 23.2 Å². The Morgan fingerprint density at radius 3 is 2.68 bits per heavy atom. The van der Waals surface area contributed by atoms with Crippen molar-refractivity contribution in [2.75, 3.05) is 26.3 Å². The molecule has 2 fully saturated rings. The minimum absolute atomic E-state index is 0.152. The first kappa shape index (κ1) is 16.1. The molecule has 1 spiro atoms. The largest absolute Gasteiger partial charge is 0.481 e. The predicted molar refractivity (Wildman–Crippen MR) is 85.4 cm³/mol. The maximum absolute atomic E-state index is 11.7. The topological polar surface area (TPSA) is 49.8 Å². The van der Waals surface area contributed by atoms with Crippen LogP contribution in [-0.4, -0.2) is 42.3 Å². The summed E-state index contributed by atoms with van der Waals surface area (Å²) >= 11 is 12.0. The van der Waals surface area contributed by atoms with Gasteiger partial charge >= 0.3 is 5.97 Å². The van der Waals surface area contributed by atoms with E-state index in [1.807, 2.05) is 12.1 Å². The average Bonchev–Trinajstić information content (AvgIpc) is 2.82. The van der Waals surface area contributed by atoms with Gasteiger partial charge in [-0.2, -0.15) is 0 Å². The lowest BCUT2D eigenvalue weighted by Gasteiger charge is -2.36. The fourth-order valence-electron chi connectivity index (χ4n) is 3.71. The van der Waals surface area contributed by atoms with Gasteiger partial charge in [-0.1, -0.05) is 29.3 Å². The number of carboxylic acids is 1. The lowest BCUT2D eigenvalue weighted by Crippen LogP contribution is -2.40. The summed E-state index contributed by atoms with van der Waals surface area (Å²) in [5.74, 6) is -1.02. The van der Waals surface area contributed by atoms with Crippen molar-refractivity contribution in [1.82, 2.24) is 4.90 Å². The van der Waals surface area contributed by atoms with Gasteiger partial charge in [0.1, 0.15) is 0 Å². The average molecular weight is 344 g/mol. The number of aliphatic carboxylic acids is 1. The summed E-state index contributed by atoms with van der Waals surface area (Å²) in [4.78, 5) is 13.9. The van der Waals surface area contributed by atoms with E-state index in [4.69, 9.17) is 27.9 Å². The van der Waals surface area contributed by atoms with Crippen molar-refractivity contribution in [2.24, 2.45) is 11.3 Å². The van der Waals surface area contributed by atoms with Crippen LogP contribution in [-0.2, 0) is 16.1 Å². The van der Waals surface area contributed by atoms with E-state index in [2.05, 4.69) is 4.90 Å². The highest BCUT2D eigenvalue weighted by Gasteiger charge is 2.50. The van der Waals surface area contributed by atoms with E-state index in [9.17, 15) is 9.90 Å². The molecular formula is C16H19Cl2NO3. The standard InChI is InChI=1S/C16H19Cl2NO3/c17-13-2-1-11(7-14(13)18)8-19-9-12(15(20)21)16(10-19)3-5-22-6-4-16/h1-2,7,12H,3-6,8-10H2,(H,20,21)/t12-/m0/s1. The normalized spacial score (nSPS) is 24.7. The van der Waals surface area contributed by atoms with Crippen LogP contribution in [0.3, 0.4) is 0 Å². The van der Waals surface area contributed by atoms with Gasteiger partial charge < -0.3 is 9.84 Å². The van der Waals surface area contributed by atoms with E-state index in [0.717, 1.165) is 24.9 Å². The van der Waals surface area contributed by atoms with Gasteiger partial charge in [0.2, 0.25) is 0 Å². The van der Waals surface area contributed by atoms with Crippen LogP contribution in [0.1, 0.15) is 18.4 Å². The zero-order valence-corrected chi connectivity index (χ0v) is 13.7. The minimum atomic E-state index is -0.696. The number of halogens is 2. The third-order valence-electron chi connectivity index (χ3n) is 4.90. The molecule has 2 aliphatic heterocycles. The molecule has 0 radical (unpaired) electrons. The van der Waals surface area contributed by atoms with Gasteiger partial charge in [-0.05, 0) is 30.5 Å². The van der Waals surface area contributed by atoms with Gasteiger partial charge in [0.05, 0.1) is 16.0 Å². The number of carbonyl (C=O) groups is 1. The fourth-order valence-corrected chi connectivity index (χ4v) is 4.03. The summed E-state index contributed by atoms with van der Waals surface area (Å²) in [6.45, 7) is 3.39. The molecule has 3 rings (SSSR count). The monoisotopic (exact) mass is 343 g/mol. The molecule has 0 aromatic heterocycles. The first-order valence-electron chi connectivity index (χ1n) is 7.47. The molecule has 6 heteroatoms. The summed E-state index contributed by atoms with van der Waals surface area (Å²) in [5, 5.41) is 10.7. The SMILES string of the molecule is O=C(O)[C@@H]1CN(Cc2ccc(Cl)c(Cl)c2)CC12CCOCC2.